The molecule has 0 saturated carbocycles. The van der Waals surface area contributed by atoms with Gasteiger partial charge in [-0.15, -0.1) is 0 Å². The summed E-state index contributed by atoms with van der Waals surface area (Å²) in [4.78, 5) is 0. The predicted octanol–water partition coefficient (Wildman–Crippen LogP) is 0.278. The fourth-order valence-electron chi connectivity index (χ4n) is 1.71. The standard InChI is InChI=1S/C13H18O4/c1-13(2)16-11(7-3-5-9-14)12(17-13)8-4-6-10-15/h11-12,14-15H,7-10H2,1-2H3/t11-,12-/m0/s1. The second-order valence-electron chi connectivity index (χ2n) is 4.14. The number of aliphatic hydroxyl groups excluding tert-OH is 2. The Bertz CT molecular complexity index is 319. The molecule has 0 radical (unpaired) electrons. The SMILES string of the molecule is CC1(C)O[C@@H](CC#CCO)[C@H](CC#CCO)O1. The molecule has 1 aliphatic rings. The highest BCUT2D eigenvalue weighted by molar-refractivity contribution is 5.06. The maximum atomic E-state index is 8.59. The third kappa shape index (κ3) is 4.77. The van der Waals surface area contributed by atoms with Gasteiger partial charge in [0, 0.05) is 12.8 Å². The maximum absolute atomic E-state index is 8.59. The molecule has 0 unspecified atom stereocenters. The van der Waals surface area contributed by atoms with Gasteiger partial charge in [0.25, 0.3) is 0 Å². The minimum Gasteiger partial charge on any atom is -0.384 e. The van der Waals surface area contributed by atoms with Gasteiger partial charge in [-0.05, 0) is 13.8 Å². The van der Waals surface area contributed by atoms with Crippen LogP contribution in [0, 0.1) is 23.7 Å². The molecule has 0 aromatic rings. The Labute approximate surface area is 102 Å². The average molecular weight is 238 g/mol. The van der Waals surface area contributed by atoms with Gasteiger partial charge in [-0.25, -0.2) is 0 Å². The van der Waals surface area contributed by atoms with Gasteiger partial charge in [0.15, 0.2) is 5.79 Å². The minimum atomic E-state index is -0.628. The summed E-state index contributed by atoms with van der Waals surface area (Å²) in [6, 6.07) is 0. The Morgan fingerprint density at radius 3 is 1.65 bits per heavy atom. The number of ether oxygens (including phenoxy) is 2. The highest BCUT2D eigenvalue weighted by atomic mass is 16.7. The van der Waals surface area contributed by atoms with Gasteiger partial charge in [-0.2, -0.15) is 0 Å². The van der Waals surface area contributed by atoms with Crippen molar-refractivity contribution in [3.8, 4) is 23.7 Å². The van der Waals surface area contributed by atoms with Crippen molar-refractivity contribution < 1.29 is 19.7 Å². The molecule has 0 aromatic heterocycles. The van der Waals surface area contributed by atoms with Crippen molar-refractivity contribution in [3.63, 3.8) is 0 Å². The minimum absolute atomic E-state index is 0.142. The highest BCUT2D eigenvalue weighted by Crippen LogP contribution is 2.31. The van der Waals surface area contributed by atoms with E-state index in [4.69, 9.17) is 19.7 Å². The third-order valence-electron chi connectivity index (χ3n) is 2.30. The summed E-state index contributed by atoms with van der Waals surface area (Å²) in [5, 5.41) is 17.2. The molecule has 1 rings (SSSR count). The average Bonchev–Trinajstić information content (AvgIpc) is 2.54. The molecule has 4 nitrogen and oxygen atoms in total. The highest BCUT2D eigenvalue weighted by Gasteiger charge is 2.40. The number of rotatable bonds is 2. The van der Waals surface area contributed by atoms with E-state index in [9.17, 15) is 0 Å². The summed E-state index contributed by atoms with van der Waals surface area (Å²) in [6.07, 6.45) is 0.736. The zero-order valence-electron chi connectivity index (χ0n) is 10.2. The molecule has 0 bridgehead atoms. The first kappa shape index (κ1) is 14.0. The monoisotopic (exact) mass is 238 g/mol. The van der Waals surface area contributed by atoms with Crippen LogP contribution in [0.15, 0.2) is 0 Å². The van der Waals surface area contributed by atoms with E-state index in [0.717, 1.165) is 0 Å². The van der Waals surface area contributed by atoms with Crippen LogP contribution in [0.3, 0.4) is 0 Å². The lowest BCUT2D eigenvalue weighted by Gasteiger charge is -2.16. The summed E-state index contributed by atoms with van der Waals surface area (Å²) in [5.74, 6) is 10.2. The van der Waals surface area contributed by atoms with E-state index < -0.39 is 5.79 Å². The van der Waals surface area contributed by atoms with Crippen LogP contribution in [-0.4, -0.2) is 41.4 Å². The second kappa shape index (κ2) is 6.64. The predicted molar refractivity (Wildman–Crippen MR) is 62.8 cm³/mol. The van der Waals surface area contributed by atoms with E-state index in [0.29, 0.717) is 12.8 Å². The quantitative estimate of drug-likeness (QED) is 0.678. The molecule has 0 amide bonds. The summed E-state index contributed by atoms with van der Waals surface area (Å²) < 4.78 is 11.4. The van der Waals surface area contributed by atoms with Crippen LogP contribution in [0.4, 0.5) is 0 Å². The Kier molecular flexibility index (Phi) is 5.47. The molecule has 0 aromatic carbocycles. The Hall–Kier alpha value is -1.04. The van der Waals surface area contributed by atoms with Gasteiger partial charge < -0.3 is 19.7 Å². The van der Waals surface area contributed by atoms with Gasteiger partial charge in [-0.3, -0.25) is 0 Å². The summed E-state index contributed by atoms with van der Waals surface area (Å²) in [6.45, 7) is 3.40. The van der Waals surface area contributed by atoms with E-state index in [1.807, 2.05) is 13.8 Å². The van der Waals surface area contributed by atoms with Crippen LogP contribution in [0.2, 0.25) is 0 Å². The van der Waals surface area contributed by atoms with Crippen molar-refractivity contribution >= 4 is 0 Å². The number of hydrogen-bond acceptors (Lipinski definition) is 4. The largest absolute Gasteiger partial charge is 0.384 e. The molecule has 0 aliphatic carbocycles. The Balaban J connectivity index is 2.57. The lowest BCUT2D eigenvalue weighted by atomic mass is 10.1. The normalized spacial score (nSPS) is 25.6. The fraction of sp³-hybridized carbons (Fsp3) is 0.692. The molecular weight excluding hydrogens is 220 g/mol. The van der Waals surface area contributed by atoms with E-state index in [-0.39, 0.29) is 25.4 Å². The molecule has 4 heteroatoms. The van der Waals surface area contributed by atoms with Crippen LogP contribution in [0.1, 0.15) is 26.7 Å². The lowest BCUT2D eigenvalue weighted by Crippen LogP contribution is -2.21. The topological polar surface area (TPSA) is 58.9 Å². The number of hydrogen-bond donors (Lipinski definition) is 2. The van der Waals surface area contributed by atoms with Crippen LogP contribution >= 0.6 is 0 Å². The van der Waals surface area contributed by atoms with E-state index in [2.05, 4.69) is 23.7 Å². The van der Waals surface area contributed by atoms with Crippen molar-refractivity contribution in [1.29, 1.82) is 0 Å². The molecule has 2 N–H and O–H groups in total. The van der Waals surface area contributed by atoms with Crippen LogP contribution in [0.5, 0.6) is 0 Å². The van der Waals surface area contributed by atoms with Gasteiger partial charge >= 0.3 is 0 Å². The smallest absolute Gasteiger partial charge is 0.163 e. The van der Waals surface area contributed by atoms with Crippen molar-refractivity contribution in [3.05, 3.63) is 0 Å². The Morgan fingerprint density at radius 2 is 1.29 bits per heavy atom. The zero-order valence-corrected chi connectivity index (χ0v) is 10.2. The van der Waals surface area contributed by atoms with Crippen molar-refractivity contribution in [2.24, 2.45) is 0 Å². The van der Waals surface area contributed by atoms with Crippen molar-refractivity contribution in [1.82, 2.24) is 0 Å². The summed E-state index contributed by atoms with van der Waals surface area (Å²) >= 11 is 0. The van der Waals surface area contributed by atoms with E-state index >= 15 is 0 Å². The molecule has 0 spiro atoms. The van der Waals surface area contributed by atoms with Gasteiger partial charge in [0.05, 0.1) is 12.2 Å². The molecule has 2 atom stereocenters. The fourth-order valence-corrected chi connectivity index (χ4v) is 1.71. The molecule has 1 saturated heterocycles. The maximum Gasteiger partial charge on any atom is 0.163 e. The first-order chi connectivity index (χ1) is 8.09. The lowest BCUT2D eigenvalue weighted by molar-refractivity contribution is -0.145. The van der Waals surface area contributed by atoms with E-state index in [1.54, 1.807) is 0 Å². The second-order valence-corrected chi connectivity index (χ2v) is 4.14. The molecule has 94 valence electrons. The molecular formula is C13H18O4. The van der Waals surface area contributed by atoms with Gasteiger partial charge in [0.2, 0.25) is 0 Å². The molecule has 1 fully saturated rings. The van der Waals surface area contributed by atoms with Gasteiger partial charge in [0.1, 0.15) is 13.2 Å². The van der Waals surface area contributed by atoms with Crippen molar-refractivity contribution in [2.75, 3.05) is 13.2 Å². The first-order valence-corrected chi connectivity index (χ1v) is 5.58. The first-order valence-electron chi connectivity index (χ1n) is 5.58. The van der Waals surface area contributed by atoms with Crippen LogP contribution in [-0.2, 0) is 9.47 Å². The van der Waals surface area contributed by atoms with Crippen LogP contribution in [0.25, 0.3) is 0 Å². The summed E-state index contributed by atoms with van der Waals surface area (Å²) in [7, 11) is 0. The third-order valence-corrected chi connectivity index (χ3v) is 2.30. The van der Waals surface area contributed by atoms with Crippen LogP contribution < -0.4 is 0 Å². The van der Waals surface area contributed by atoms with Crippen molar-refractivity contribution in [2.45, 2.75) is 44.7 Å². The molecule has 1 heterocycles. The van der Waals surface area contributed by atoms with E-state index in [1.165, 1.54) is 0 Å². The summed E-state index contributed by atoms with van der Waals surface area (Å²) in [5.41, 5.74) is 0. The number of aliphatic hydroxyl groups is 2. The van der Waals surface area contributed by atoms with Gasteiger partial charge in [-0.1, -0.05) is 23.7 Å². The zero-order chi connectivity index (χ0) is 12.7. The molecule has 1 aliphatic heterocycles. The molecule has 17 heavy (non-hydrogen) atoms. The Morgan fingerprint density at radius 1 is 0.882 bits per heavy atom.